The lowest BCUT2D eigenvalue weighted by Gasteiger charge is -2.25. The number of amides is 1. The Balaban J connectivity index is 1.86. The molecule has 0 aromatic rings. The van der Waals surface area contributed by atoms with Gasteiger partial charge >= 0.3 is 0 Å². The highest BCUT2D eigenvalue weighted by atomic mass is 16.5. The van der Waals surface area contributed by atoms with E-state index in [1.165, 1.54) is 12.8 Å². The van der Waals surface area contributed by atoms with Crippen LogP contribution in [0.25, 0.3) is 0 Å². The first-order valence-electron chi connectivity index (χ1n) is 7.00. The van der Waals surface area contributed by atoms with Crippen molar-refractivity contribution in [1.29, 1.82) is 0 Å². The van der Waals surface area contributed by atoms with E-state index in [-0.39, 0.29) is 12.5 Å². The fourth-order valence-corrected chi connectivity index (χ4v) is 1.88. The van der Waals surface area contributed by atoms with Crippen molar-refractivity contribution in [3.8, 4) is 0 Å². The number of carbonyl (C=O) groups is 1. The first-order chi connectivity index (χ1) is 9.15. The molecule has 0 aromatic carbocycles. The minimum absolute atomic E-state index is 0.0175. The molecular weight excluding hydrogens is 244 g/mol. The summed E-state index contributed by atoms with van der Waals surface area (Å²) in [6.45, 7) is 1.79. The molecule has 1 amide bonds. The summed E-state index contributed by atoms with van der Waals surface area (Å²) in [4.78, 5) is 17.5. The van der Waals surface area contributed by atoms with Crippen LogP contribution < -0.4 is 10.6 Å². The van der Waals surface area contributed by atoms with E-state index >= 15 is 0 Å². The van der Waals surface area contributed by atoms with Gasteiger partial charge in [0.25, 0.3) is 0 Å². The average molecular weight is 268 g/mol. The van der Waals surface area contributed by atoms with Crippen LogP contribution >= 0.6 is 0 Å². The molecule has 2 rings (SSSR count). The molecule has 19 heavy (non-hydrogen) atoms. The number of hydrogen-bond donors (Lipinski definition) is 2. The standard InChI is InChI=1S/C13H24N4O2/c1-17(2)12(18)9-14-13(15-10-3-4-10)16-11-5-7-19-8-6-11/h10-11H,3-9H2,1-2H3,(H2,14,15,16). The van der Waals surface area contributed by atoms with Crippen LogP contribution in [0.2, 0.25) is 0 Å². The van der Waals surface area contributed by atoms with E-state index < -0.39 is 0 Å². The molecule has 2 aliphatic rings. The van der Waals surface area contributed by atoms with E-state index in [2.05, 4.69) is 15.6 Å². The van der Waals surface area contributed by atoms with Crippen LogP contribution in [0.4, 0.5) is 0 Å². The third-order valence-corrected chi connectivity index (χ3v) is 3.35. The molecule has 1 heterocycles. The largest absolute Gasteiger partial charge is 0.381 e. The Labute approximate surface area is 114 Å². The van der Waals surface area contributed by atoms with Crippen LogP contribution in [-0.4, -0.2) is 62.7 Å². The summed E-state index contributed by atoms with van der Waals surface area (Å²) in [5.41, 5.74) is 0. The number of nitrogens with zero attached hydrogens (tertiary/aromatic N) is 2. The summed E-state index contributed by atoms with van der Waals surface area (Å²) >= 11 is 0. The van der Waals surface area contributed by atoms with Gasteiger partial charge in [-0.1, -0.05) is 0 Å². The van der Waals surface area contributed by atoms with Gasteiger partial charge in [0.15, 0.2) is 5.96 Å². The third kappa shape index (κ3) is 5.06. The lowest BCUT2D eigenvalue weighted by Crippen LogP contribution is -2.46. The summed E-state index contributed by atoms with van der Waals surface area (Å²) in [6, 6.07) is 0.925. The van der Waals surface area contributed by atoms with Gasteiger partial charge in [0.05, 0.1) is 0 Å². The Kier molecular flexibility index (Phi) is 5.01. The number of likely N-dealkylation sites (N-methyl/N-ethyl adjacent to an activating group) is 1. The van der Waals surface area contributed by atoms with Crippen molar-refractivity contribution in [2.24, 2.45) is 4.99 Å². The van der Waals surface area contributed by atoms with Crippen LogP contribution in [0, 0.1) is 0 Å². The molecular formula is C13H24N4O2. The molecule has 2 N–H and O–H groups in total. The van der Waals surface area contributed by atoms with E-state index in [1.807, 2.05) is 0 Å². The number of ether oxygens (including phenoxy) is 1. The summed E-state index contributed by atoms with van der Waals surface area (Å²) in [7, 11) is 3.50. The van der Waals surface area contributed by atoms with Crippen molar-refractivity contribution in [3.05, 3.63) is 0 Å². The smallest absolute Gasteiger partial charge is 0.243 e. The van der Waals surface area contributed by atoms with Crippen molar-refractivity contribution in [3.63, 3.8) is 0 Å². The van der Waals surface area contributed by atoms with Gasteiger partial charge in [-0.2, -0.15) is 0 Å². The van der Waals surface area contributed by atoms with Gasteiger partial charge in [-0.25, -0.2) is 4.99 Å². The highest BCUT2D eigenvalue weighted by molar-refractivity contribution is 5.85. The molecule has 0 unspecified atom stereocenters. The zero-order chi connectivity index (χ0) is 13.7. The Bertz CT molecular complexity index is 334. The maximum absolute atomic E-state index is 11.6. The molecule has 6 heteroatoms. The first-order valence-corrected chi connectivity index (χ1v) is 7.00. The Morgan fingerprint density at radius 3 is 2.26 bits per heavy atom. The lowest BCUT2D eigenvalue weighted by atomic mass is 10.1. The number of aliphatic imine (C=N–C) groups is 1. The zero-order valence-corrected chi connectivity index (χ0v) is 11.8. The van der Waals surface area contributed by atoms with Crippen molar-refractivity contribution >= 4 is 11.9 Å². The molecule has 6 nitrogen and oxygen atoms in total. The Hall–Kier alpha value is -1.30. The first kappa shape index (κ1) is 14.1. The third-order valence-electron chi connectivity index (χ3n) is 3.35. The number of carbonyl (C=O) groups excluding carboxylic acids is 1. The normalized spacial score (nSPS) is 21.1. The van der Waals surface area contributed by atoms with Gasteiger partial charge in [0, 0.05) is 39.4 Å². The minimum atomic E-state index is 0.0175. The SMILES string of the molecule is CN(C)C(=O)CN=C(NC1CCOCC1)NC1CC1. The van der Waals surface area contributed by atoms with Crippen LogP contribution in [0.1, 0.15) is 25.7 Å². The summed E-state index contributed by atoms with van der Waals surface area (Å²) < 4.78 is 5.34. The van der Waals surface area contributed by atoms with E-state index in [9.17, 15) is 4.79 Å². The summed E-state index contributed by atoms with van der Waals surface area (Å²) in [5.74, 6) is 0.786. The molecule has 1 saturated carbocycles. The summed E-state index contributed by atoms with van der Waals surface area (Å²) in [5, 5.41) is 6.77. The maximum atomic E-state index is 11.6. The second-order valence-corrected chi connectivity index (χ2v) is 5.40. The predicted molar refractivity (Wildman–Crippen MR) is 74.1 cm³/mol. The highest BCUT2D eigenvalue weighted by Crippen LogP contribution is 2.18. The van der Waals surface area contributed by atoms with Gasteiger partial charge in [0.1, 0.15) is 6.54 Å². The fourth-order valence-electron chi connectivity index (χ4n) is 1.88. The second-order valence-electron chi connectivity index (χ2n) is 5.40. The molecule has 0 atom stereocenters. The van der Waals surface area contributed by atoms with Gasteiger partial charge in [-0.15, -0.1) is 0 Å². The maximum Gasteiger partial charge on any atom is 0.243 e. The van der Waals surface area contributed by atoms with Crippen molar-refractivity contribution in [2.75, 3.05) is 33.9 Å². The van der Waals surface area contributed by atoms with Crippen LogP contribution in [0.5, 0.6) is 0 Å². The van der Waals surface area contributed by atoms with E-state index in [1.54, 1.807) is 19.0 Å². The van der Waals surface area contributed by atoms with Gasteiger partial charge in [-0.05, 0) is 25.7 Å². The molecule has 0 spiro atoms. The quantitative estimate of drug-likeness (QED) is 0.554. The van der Waals surface area contributed by atoms with Crippen molar-refractivity contribution in [1.82, 2.24) is 15.5 Å². The van der Waals surface area contributed by atoms with Crippen molar-refractivity contribution < 1.29 is 9.53 Å². The fraction of sp³-hybridized carbons (Fsp3) is 0.846. The summed E-state index contributed by atoms with van der Waals surface area (Å²) in [6.07, 6.45) is 4.37. The van der Waals surface area contributed by atoms with Crippen LogP contribution in [0.15, 0.2) is 4.99 Å². The van der Waals surface area contributed by atoms with E-state index in [4.69, 9.17) is 4.74 Å². The van der Waals surface area contributed by atoms with Crippen molar-refractivity contribution in [2.45, 2.75) is 37.8 Å². The van der Waals surface area contributed by atoms with Crippen LogP contribution in [-0.2, 0) is 9.53 Å². The topological polar surface area (TPSA) is 66.0 Å². The number of guanidine groups is 1. The number of rotatable bonds is 4. The molecule has 2 fully saturated rings. The highest BCUT2D eigenvalue weighted by Gasteiger charge is 2.24. The Morgan fingerprint density at radius 2 is 1.74 bits per heavy atom. The number of hydrogen-bond acceptors (Lipinski definition) is 3. The van der Waals surface area contributed by atoms with E-state index in [0.29, 0.717) is 12.1 Å². The zero-order valence-electron chi connectivity index (χ0n) is 11.8. The minimum Gasteiger partial charge on any atom is -0.381 e. The second kappa shape index (κ2) is 6.75. The Morgan fingerprint density at radius 1 is 1.16 bits per heavy atom. The van der Waals surface area contributed by atoms with E-state index in [0.717, 1.165) is 32.0 Å². The number of nitrogens with one attached hydrogen (secondary N) is 2. The predicted octanol–water partition coefficient (Wildman–Crippen LogP) is -0.0488. The average Bonchev–Trinajstić information content (AvgIpc) is 3.20. The monoisotopic (exact) mass is 268 g/mol. The molecule has 0 radical (unpaired) electrons. The van der Waals surface area contributed by atoms with Gasteiger partial charge in [-0.3, -0.25) is 4.79 Å². The molecule has 108 valence electrons. The molecule has 0 aromatic heterocycles. The van der Waals surface area contributed by atoms with Gasteiger partial charge < -0.3 is 20.3 Å². The van der Waals surface area contributed by atoms with Gasteiger partial charge in [0.2, 0.25) is 5.91 Å². The molecule has 1 saturated heterocycles. The molecule has 1 aliphatic carbocycles. The molecule has 0 bridgehead atoms. The molecule has 1 aliphatic heterocycles. The lowest BCUT2D eigenvalue weighted by molar-refractivity contribution is -0.127. The van der Waals surface area contributed by atoms with Crippen LogP contribution in [0.3, 0.4) is 0 Å².